The molecule has 2 heterocycles. The van der Waals surface area contributed by atoms with Crippen molar-refractivity contribution in [1.82, 2.24) is 10.2 Å². The first kappa shape index (κ1) is 14.0. The second-order valence-electron chi connectivity index (χ2n) is 5.70. The third kappa shape index (κ3) is 2.86. The van der Waals surface area contributed by atoms with Crippen molar-refractivity contribution in [3.63, 3.8) is 0 Å². The molecule has 0 aromatic heterocycles. The van der Waals surface area contributed by atoms with Crippen LogP contribution in [0.1, 0.15) is 25.3 Å². The molecule has 1 N–H and O–H groups in total. The van der Waals surface area contributed by atoms with Gasteiger partial charge in [0.1, 0.15) is 0 Å². The van der Waals surface area contributed by atoms with Gasteiger partial charge in [0.25, 0.3) is 0 Å². The predicted molar refractivity (Wildman–Crippen MR) is 83.7 cm³/mol. The van der Waals surface area contributed by atoms with Gasteiger partial charge >= 0.3 is 0 Å². The van der Waals surface area contributed by atoms with Crippen molar-refractivity contribution in [2.75, 3.05) is 11.5 Å². The van der Waals surface area contributed by atoms with Gasteiger partial charge in [0.15, 0.2) is 0 Å². The van der Waals surface area contributed by atoms with E-state index in [0.29, 0.717) is 6.04 Å². The lowest BCUT2D eigenvalue weighted by Crippen LogP contribution is -2.45. The molecule has 0 spiro atoms. The molecule has 20 heavy (non-hydrogen) atoms. The van der Waals surface area contributed by atoms with Crippen molar-refractivity contribution in [2.45, 2.75) is 44.4 Å². The summed E-state index contributed by atoms with van der Waals surface area (Å²) in [6.45, 7) is 2.11. The summed E-state index contributed by atoms with van der Waals surface area (Å²) in [4.78, 5) is 14.8. The van der Waals surface area contributed by atoms with E-state index in [9.17, 15) is 4.79 Å². The van der Waals surface area contributed by atoms with Gasteiger partial charge in [-0.25, -0.2) is 0 Å². The molecular formula is C16H22N2OS. The van der Waals surface area contributed by atoms with Crippen LogP contribution in [-0.4, -0.2) is 40.6 Å². The summed E-state index contributed by atoms with van der Waals surface area (Å²) in [6.07, 6.45) is 3.35. The van der Waals surface area contributed by atoms with Crippen molar-refractivity contribution in [3.05, 3.63) is 35.9 Å². The van der Waals surface area contributed by atoms with Gasteiger partial charge in [0.05, 0.1) is 12.2 Å². The number of rotatable bonds is 3. The van der Waals surface area contributed by atoms with Crippen LogP contribution in [0.4, 0.5) is 0 Å². The number of carbonyl (C=O) groups is 1. The molecule has 1 aromatic carbocycles. The van der Waals surface area contributed by atoms with Crippen LogP contribution in [0.5, 0.6) is 0 Å². The van der Waals surface area contributed by atoms with Crippen molar-refractivity contribution in [3.8, 4) is 0 Å². The Hall–Kier alpha value is -1.00. The molecule has 0 radical (unpaired) electrons. The highest BCUT2D eigenvalue weighted by molar-refractivity contribution is 7.99. The minimum Gasteiger partial charge on any atom is -0.322 e. The fourth-order valence-corrected chi connectivity index (χ4v) is 4.39. The Kier molecular flexibility index (Phi) is 4.32. The summed E-state index contributed by atoms with van der Waals surface area (Å²) >= 11 is 1.98. The number of carbonyl (C=O) groups excluding carboxylic acids is 1. The predicted octanol–water partition coefficient (Wildman–Crippen LogP) is 2.27. The largest absolute Gasteiger partial charge is 0.322 e. The lowest BCUT2D eigenvalue weighted by Gasteiger charge is -2.33. The van der Waals surface area contributed by atoms with Crippen molar-refractivity contribution in [1.29, 1.82) is 0 Å². The lowest BCUT2D eigenvalue weighted by molar-refractivity contribution is -0.131. The Balaban J connectivity index is 1.68. The molecule has 2 saturated heterocycles. The first-order valence-electron chi connectivity index (χ1n) is 7.45. The Morgan fingerprint density at radius 2 is 2.15 bits per heavy atom. The number of hydrogen-bond donors (Lipinski definition) is 1. The van der Waals surface area contributed by atoms with E-state index in [1.54, 1.807) is 0 Å². The van der Waals surface area contributed by atoms with Gasteiger partial charge in [0.2, 0.25) is 5.91 Å². The zero-order chi connectivity index (χ0) is 13.9. The van der Waals surface area contributed by atoms with E-state index in [-0.39, 0.29) is 18.1 Å². The SMILES string of the molecule is CC1NC(Cc2ccccc2)C(=O)N1C1CCCSC1. The smallest absolute Gasteiger partial charge is 0.241 e. The highest BCUT2D eigenvalue weighted by Crippen LogP contribution is 2.26. The normalized spacial score (nSPS) is 30.8. The molecule has 108 valence electrons. The van der Waals surface area contributed by atoms with E-state index in [4.69, 9.17) is 0 Å². The van der Waals surface area contributed by atoms with E-state index in [1.165, 1.54) is 17.7 Å². The molecule has 4 heteroatoms. The Morgan fingerprint density at radius 1 is 1.35 bits per heavy atom. The summed E-state index contributed by atoms with van der Waals surface area (Å²) in [5.41, 5.74) is 1.23. The van der Waals surface area contributed by atoms with Gasteiger partial charge in [-0.1, -0.05) is 30.3 Å². The third-order valence-electron chi connectivity index (χ3n) is 4.22. The maximum atomic E-state index is 12.7. The van der Waals surface area contributed by atoms with Crippen LogP contribution in [0.2, 0.25) is 0 Å². The molecule has 3 nitrogen and oxygen atoms in total. The van der Waals surface area contributed by atoms with E-state index < -0.39 is 0 Å². The second kappa shape index (κ2) is 6.19. The standard InChI is InChI=1S/C16H22N2OS/c1-12-17-15(10-13-6-3-2-4-7-13)16(19)18(12)14-8-5-9-20-11-14/h2-4,6-7,12,14-15,17H,5,8-11H2,1H3. The third-order valence-corrected chi connectivity index (χ3v) is 5.42. The van der Waals surface area contributed by atoms with E-state index >= 15 is 0 Å². The number of amides is 1. The number of nitrogens with zero attached hydrogens (tertiary/aromatic N) is 1. The lowest BCUT2D eigenvalue weighted by atomic mass is 10.1. The van der Waals surface area contributed by atoms with Crippen LogP contribution >= 0.6 is 11.8 Å². The highest BCUT2D eigenvalue weighted by Gasteiger charge is 2.40. The van der Waals surface area contributed by atoms with Crippen LogP contribution in [0.3, 0.4) is 0 Å². The molecule has 0 bridgehead atoms. The fourth-order valence-electron chi connectivity index (χ4n) is 3.25. The van der Waals surface area contributed by atoms with Crippen LogP contribution < -0.4 is 5.32 Å². The number of thioether (sulfide) groups is 1. The zero-order valence-electron chi connectivity index (χ0n) is 11.9. The van der Waals surface area contributed by atoms with Crippen molar-refractivity contribution < 1.29 is 4.79 Å². The molecule has 2 aliphatic rings. The summed E-state index contributed by atoms with van der Waals surface area (Å²) < 4.78 is 0. The fraction of sp³-hybridized carbons (Fsp3) is 0.562. The Bertz CT molecular complexity index is 459. The van der Waals surface area contributed by atoms with Crippen molar-refractivity contribution >= 4 is 17.7 Å². The molecule has 2 fully saturated rings. The minimum absolute atomic E-state index is 0.0562. The molecule has 3 atom stereocenters. The van der Waals surface area contributed by atoms with E-state index in [1.807, 2.05) is 30.0 Å². The molecule has 0 aliphatic carbocycles. The van der Waals surface area contributed by atoms with Gasteiger partial charge in [-0.05, 0) is 37.5 Å². The molecule has 3 rings (SSSR count). The van der Waals surface area contributed by atoms with Crippen molar-refractivity contribution in [2.24, 2.45) is 0 Å². The summed E-state index contributed by atoms with van der Waals surface area (Å²) in [5.74, 6) is 2.62. The average Bonchev–Trinajstić information content (AvgIpc) is 2.75. The average molecular weight is 290 g/mol. The van der Waals surface area contributed by atoms with E-state index in [2.05, 4.69) is 29.3 Å². The second-order valence-corrected chi connectivity index (χ2v) is 6.85. The minimum atomic E-state index is -0.0562. The number of hydrogen-bond acceptors (Lipinski definition) is 3. The first-order valence-corrected chi connectivity index (χ1v) is 8.61. The molecule has 2 aliphatic heterocycles. The van der Waals surface area contributed by atoms with Crippen LogP contribution in [0.25, 0.3) is 0 Å². The van der Waals surface area contributed by atoms with Gasteiger partial charge < -0.3 is 4.90 Å². The van der Waals surface area contributed by atoms with Gasteiger partial charge in [0, 0.05) is 11.8 Å². The highest BCUT2D eigenvalue weighted by atomic mass is 32.2. The summed E-state index contributed by atoms with van der Waals surface area (Å²) in [5, 5.41) is 3.47. The van der Waals surface area contributed by atoms with E-state index in [0.717, 1.165) is 18.6 Å². The Labute approximate surface area is 125 Å². The summed E-state index contributed by atoms with van der Waals surface area (Å²) in [6, 6.07) is 10.6. The number of nitrogens with one attached hydrogen (secondary N) is 1. The molecule has 1 amide bonds. The van der Waals surface area contributed by atoms with Gasteiger partial charge in [-0.2, -0.15) is 11.8 Å². The van der Waals surface area contributed by atoms with Crippen LogP contribution in [-0.2, 0) is 11.2 Å². The first-order chi connectivity index (χ1) is 9.75. The van der Waals surface area contributed by atoms with Gasteiger partial charge in [-0.3, -0.25) is 10.1 Å². The monoisotopic (exact) mass is 290 g/mol. The molecular weight excluding hydrogens is 268 g/mol. The maximum Gasteiger partial charge on any atom is 0.241 e. The van der Waals surface area contributed by atoms with Gasteiger partial charge in [-0.15, -0.1) is 0 Å². The quantitative estimate of drug-likeness (QED) is 0.927. The number of benzene rings is 1. The van der Waals surface area contributed by atoms with Crippen LogP contribution in [0.15, 0.2) is 30.3 Å². The molecule has 0 saturated carbocycles. The summed E-state index contributed by atoms with van der Waals surface area (Å²) in [7, 11) is 0. The van der Waals surface area contributed by atoms with Crippen LogP contribution in [0, 0.1) is 0 Å². The molecule has 1 aromatic rings. The molecule has 3 unspecified atom stereocenters. The maximum absolute atomic E-state index is 12.7. The topological polar surface area (TPSA) is 32.3 Å². The zero-order valence-corrected chi connectivity index (χ0v) is 12.7. The Morgan fingerprint density at radius 3 is 2.85 bits per heavy atom.